The minimum absolute atomic E-state index is 0.244. The van der Waals surface area contributed by atoms with E-state index in [2.05, 4.69) is 5.32 Å². The molecule has 0 aromatic heterocycles. The van der Waals surface area contributed by atoms with E-state index in [1.807, 2.05) is 0 Å². The van der Waals surface area contributed by atoms with E-state index in [9.17, 15) is 8.42 Å². The van der Waals surface area contributed by atoms with Gasteiger partial charge in [-0.05, 0) is 19.4 Å². The third-order valence-electron chi connectivity index (χ3n) is 2.36. The van der Waals surface area contributed by atoms with Crippen molar-refractivity contribution in [3.8, 4) is 6.07 Å². The average molecular weight is 217 g/mol. The summed E-state index contributed by atoms with van der Waals surface area (Å²) in [5.41, 5.74) is 0. The van der Waals surface area contributed by atoms with E-state index in [0.29, 0.717) is 6.54 Å². The summed E-state index contributed by atoms with van der Waals surface area (Å²) in [5, 5.41) is 11.6. The molecule has 0 spiro atoms. The molecule has 0 amide bonds. The summed E-state index contributed by atoms with van der Waals surface area (Å²) < 4.78 is 24.1. The van der Waals surface area contributed by atoms with Crippen molar-refractivity contribution < 1.29 is 8.42 Å². The van der Waals surface area contributed by atoms with Crippen molar-refractivity contribution in [3.63, 3.8) is 0 Å². The Morgan fingerprint density at radius 2 is 2.36 bits per heavy atom. The van der Waals surface area contributed by atoms with Gasteiger partial charge in [0.1, 0.15) is 0 Å². The molecule has 1 aliphatic heterocycles. The Kier molecular flexibility index (Phi) is 3.86. The van der Waals surface area contributed by atoms with Gasteiger partial charge in [-0.3, -0.25) is 0 Å². The number of rotatable bonds is 4. The van der Waals surface area contributed by atoms with Crippen LogP contribution in [-0.2, 0) is 10.0 Å². The molecular weight excluding hydrogens is 202 g/mol. The van der Waals surface area contributed by atoms with Crippen molar-refractivity contribution in [2.24, 2.45) is 0 Å². The zero-order valence-corrected chi connectivity index (χ0v) is 9.05. The highest BCUT2D eigenvalue weighted by Crippen LogP contribution is 2.08. The quantitative estimate of drug-likeness (QED) is 0.690. The van der Waals surface area contributed by atoms with Crippen LogP contribution in [0.5, 0.6) is 0 Å². The normalized spacial score (nSPS) is 22.5. The minimum atomic E-state index is -3.37. The van der Waals surface area contributed by atoms with Gasteiger partial charge in [-0.25, -0.2) is 12.7 Å². The van der Waals surface area contributed by atoms with Gasteiger partial charge in [0.2, 0.25) is 10.0 Å². The summed E-state index contributed by atoms with van der Waals surface area (Å²) in [6.07, 6.45) is 2.10. The third kappa shape index (κ3) is 2.94. The molecule has 1 aliphatic rings. The molecule has 6 heteroatoms. The van der Waals surface area contributed by atoms with E-state index in [0.717, 1.165) is 19.4 Å². The maximum absolute atomic E-state index is 11.4. The summed E-state index contributed by atoms with van der Waals surface area (Å²) in [6.45, 7) is 1.42. The summed E-state index contributed by atoms with van der Waals surface area (Å²) in [7, 11) is -1.85. The van der Waals surface area contributed by atoms with Crippen LogP contribution in [0.4, 0.5) is 0 Å². The molecule has 1 atom stereocenters. The van der Waals surface area contributed by atoms with Crippen LogP contribution in [0.25, 0.3) is 0 Å². The van der Waals surface area contributed by atoms with E-state index in [1.165, 1.54) is 11.4 Å². The first kappa shape index (κ1) is 11.4. The number of likely N-dealkylation sites (N-methyl/N-ethyl adjacent to an activating group) is 1. The van der Waals surface area contributed by atoms with Crippen LogP contribution in [0, 0.1) is 11.3 Å². The first-order chi connectivity index (χ1) is 6.56. The predicted octanol–water partition coefficient (Wildman–Crippen LogP) is -0.476. The molecule has 1 saturated heterocycles. The van der Waals surface area contributed by atoms with Crippen molar-refractivity contribution in [1.29, 1.82) is 5.26 Å². The highest BCUT2D eigenvalue weighted by Gasteiger charge is 2.22. The lowest BCUT2D eigenvalue weighted by molar-refractivity contribution is 0.419. The zero-order chi connectivity index (χ0) is 10.6. The van der Waals surface area contributed by atoms with Crippen LogP contribution in [-0.4, -0.2) is 44.7 Å². The second-order valence-corrected chi connectivity index (χ2v) is 5.56. The lowest BCUT2D eigenvalue weighted by Gasteiger charge is -2.19. The second kappa shape index (κ2) is 4.73. The van der Waals surface area contributed by atoms with Crippen molar-refractivity contribution in [3.05, 3.63) is 0 Å². The largest absolute Gasteiger partial charge is 0.313 e. The molecule has 0 aromatic carbocycles. The maximum atomic E-state index is 11.4. The van der Waals surface area contributed by atoms with Crippen molar-refractivity contribution >= 4 is 10.0 Å². The number of nitrogens with zero attached hydrogens (tertiary/aromatic N) is 2. The van der Waals surface area contributed by atoms with Gasteiger partial charge in [0, 0.05) is 19.6 Å². The van der Waals surface area contributed by atoms with Crippen molar-refractivity contribution in [2.75, 3.05) is 25.9 Å². The van der Waals surface area contributed by atoms with Crippen LogP contribution in [0.3, 0.4) is 0 Å². The molecule has 0 bridgehead atoms. The number of sulfonamides is 1. The highest BCUT2D eigenvalue weighted by atomic mass is 32.2. The van der Waals surface area contributed by atoms with Crippen LogP contribution in [0.1, 0.15) is 12.8 Å². The Hall–Kier alpha value is -0.640. The first-order valence-electron chi connectivity index (χ1n) is 4.60. The summed E-state index contributed by atoms with van der Waals surface area (Å²) in [6, 6.07) is 1.91. The fourth-order valence-electron chi connectivity index (χ4n) is 1.53. The highest BCUT2D eigenvalue weighted by molar-refractivity contribution is 7.89. The van der Waals surface area contributed by atoms with E-state index >= 15 is 0 Å². The lowest BCUT2D eigenvalue weighted by atomic mass is 10.2. The molecule has 0 saturated carbocycles. The van der Waals surface area contributed by atoms with Gasteiger partial charge >= 0.3 is 0 Å². The van der Waals surface area contributed by atoms with Crippen molar-refractivity contribution in [1.82, 2.24) is 9.62 Å². The van der Waals surface area contributed by atoms with Gasteiger partial charge in [-0.1, -0.05) is 0 Å². The summed E-state index contributed by atoms with van der Waals surface area (Å²) in [5.74, 6) is -0.434. The van der Waals surface area contributed by atoms with E-state index in [1.54, 1.807) is 6.07 Å². The van der Waals surface area contributed by atoms with Crippen LogP contribution in [0.2, 0.25) is 0 Å². The monoisotopic (exact) mass is 217 g/mol. The Morgan fingerprint density at radius 3 is 2.86 bits per heavy atom. The number of nitrogens with one attached hydrogen (secondary N) is 1. The number of hydrogen-bond acceptors (Lipinski definition) is 4. The van der Waals surface area contributed by atoms with Gasteiger partial charge in [-0.15, -0.1) is 0 Å². The maximum Gasteiger partial charge on any atom is 0.227 e. The third-order valence-corrected chi connectivity index (χ3v) is 3.95. The molecule has 14 heavy (non-hydrogen) atoms. The molecule has 1 fully saturated rings. The average Bonchev–Trinajstić information content (AvgIpc) is 2.56. The smallest absolute Gasteiger partial charge is 0.227 e. The van der Waals surface area contributed by atoms with Gasteiger partial charge in [0.05, 0.1) is 6.07 Å². The van der Waals surface area contributed by atoms with Crippen LogP contribution < -0.4 is 5.32 Å². The van der Waals surface area contributed by atoms with Crippen LogP contribution in [0.15, 0.2) is 0 Å². The Balaban J connectivity index is 2.48. The predicted molar refractivity (Wildman–Crippen MR) is 53.1 cm³/mol. The molecule has 0 aliphatic carbocycles. The lowest BCUT2D eigenvalue weighted by Crippen LogP contribution is -2.39. The molecule has 0 aromatic rings. The van der Waals surface area contributed by atoms with E-state index < -0.39 is 15.8 Å². The fourth-order valence-corrected chi connectivity index (χ4v) is 2.32. The standard InChI is InChI=1S/C8H15N3O2S/c1-11(14(12,13)6-4-9)7-8-3-2-5-10-8/h8,10H,2-3,5-7H2,1H3. The van der Waals surface area contributed by atoms with Gasteiger partial charge in [0.15, 0.2) is 5.75 Å². The fraction of sp³-hybridized carbons (Fsp3) is 0.875. The van der Waals surface area contributed by atoms with Crippen LogP contribution >= 0.6 is 0 Å². The zero-order valence-electron chi connectivity index (χ0n) is 8.23. The molecule has 1 N–H and O–H groups in total. The van der Waals surface area contributed by atoms with Gasteiger partial charge < -0.3 is 5.32 Å². The molecule has 1 unspecified atom stereocenters. The SMILES string of the molecule is CN(CC1CCCN1)S(=O)(=O)CC#N. The van der Waals surface area contributed by atoms with Gasteiger partial charge in [-0.2, -0.15) is 5.26 Å². The second-order valence-electron chi connectivity index (χ2n) is 3.49. The molecule has 1 heterocycles. The van der Waals surface area contributed by atoms with Crippen molar-refractivity contribution in [2.45, 2.75) is 18.9 Å². The Labute approximate surface area is 84.8 Å². The molecule has 1 rings (SSSR count). The molecular formula is C8H15N3O2S. The van der Waals surface area contributed by atoms with Gasteiger partial charge in [0.25, 0.3) is 0 Å². The molecule has 5 nitrogen and oxygen atoms in total. The number of hydrogen-bond donors (Lipinski definition) is 1. The van der Waals surface area contributed by atoms with E-state index in [4.69, 9.17) is 5.26 Å². The Bertz CT molecular complexity index is 314. The summed E-state index contributed by atoms with van der Waals surface area (Å²) >= 11 is 0. The first-order valence-corrected chi connectivity index (χ1v) is 6.21. The Morgan fingerprint density at radius 1 is 1.64 bits per heavy atom. The minimum Gasteiger partial charge on any atom is -0.313 e. The topological polar surface area (TPSA) is 73.2 Å². The molecule has 0 radical (unpaired) electrons. The summed E-state index contributed by atoms with van der Waals surface area (Å²) in [4.78, 5) is 0. The molecule has 80 valence electrons. The number of nitriles is 1. The van der Waals surface area contributed by atoms with E-state index in [-0.39, 0.29) is 6.04 Å².